The van der Waals surface area contributed by atoms with Crippen molar-refractivity contribution in [1.82, 2.24) is 4.98 Å². The lowest BCUT2D eigenvalue weighted by Gasteiger charge is -2.03. The lowest BCUT2D eigenvalue weighted by Crippen LogP contribution is -2.07. The van der Waals surface area contributed by atoms with Crippen molar-refractivity contribution in [2.75, 3.05) is 11.9 Å². The molecule has 0 radical (unpaired) electrons. The first-order chi connectivity index (χ1) is 12.2. The summed E-state index contributed by atoms with van der Waals surface area (Å²) in [5.41, 5.74) is 1.16. The standard InChI is InChI=1S/C19H17FN2O2S/c1-2-12-24-14-9-6-13(7-10-14)8-11-17(23)21-19-22-18-15(20)4-3-5-16(18)25-19/h3-11H,2,12H2,1H3,(H,21,22,23)/b11-8+. The highest BCUT2D eigenvalue weighted by Gasteiger charge is 2.09. The van der Waals surface area contributed by atoms with Crippen LogP contribution in [0.3, 0.4) is 0 Å². The number of nitrogens with one attached hydrogen (secondary N) is 1. The summed E-state index contributed by atoms with van der Waals surface area (Å²) >= 11 is 1.24. The lowest BCUT2D eigenvalue weighted by molar-refractivity contribution is -0.111. The van der Waals surface area contributed by atoms with Crippen molar-refractivity contribution in [1.29, 1.82) is 0 Å². The second-order valence-corrected chi connectivity index (χ2v) is 6.38. The minimum atomic E-state index is -0.393. The highest BCUT2D eigenvalue weighted by molar-refractivity contribution is 7.22. The van der Waals surface area contributed by atoms with Gasteiger partial charge in [0.1, 0.15) is 17.1 Å². The van der Waals surface area contributed by atoms with E-state index < -0.39 is 5.82 Å². The zero-order valence-corrected chi connectivity index (χ0v) is 14.5. The van der Waals surface area contributed by atoms with E-state index in [1.165, 1.54) is 23.5 Å². The summed E-state index contributed by atoms with van der Waals surface area (Å²) in [5.74, 6) is 0.0981. The maximum atomic E-state index is 13.6. The first kappa shape index (κ1) is 17.1. The predicted octanol–water partition coefficient (Wildman–Crippen LogP) is 4.88. The van der Waals surface area contributed by atoms with Gasteiger partial charge in [-0.2, -0.15) is 0 Å². The average molecular weight is 356 g/mol. The summed E-state index contributed by atoms with van der Waals surface area (Å²) in [6.07, 6.45) is 4.08. The molecule has 1 amide bonds. The van der Waals surface area contributed by atoms with E-state index in [1.54, 1.807) is 18.2 Å². The van der Waals surface area contributed by atoms with Crippen LogP contribution >= 0.6 is 11.3 Å². The van der Waals surface area contributed by atoms with Gasteiger partial charge in [0.05, 0.1) is 11.3 Å². The Labute approximate surface area is 149 Å². The first-order valence-corrected chi connectivity index (χ1v) is 8.74. The molecule has 6 heteroatoms. The number of carbonyl (C=O) groups is 1. The third-order valence-corrected chi connectivity index (χ3v) is 4.32. The number of hydrogen-bond acceptors (Lipinski definition) is 4. The van der Waals surface area contributed by atoms with Gasteiger partial charge in [0.15, 0.2) is 5.13 Å². The molecule has 0 bridgehead atoms. The van der Waals surface area contributed by atoms with Crippen LogP contribution in [-0.4, -0.2) is 17.5 Å². The van der Waals surface area contributed by atoms with Crippen molar-refractivity contribution in [3.8, 4) is 5.75 Å². The van der Waals surface area contributed by atoms with E-state index in [4.69, 9.17) is 4.74 Å². The van der Waals surface area contributed by atoms with E-state index in [9.17, 15) is 9.18 Å². The number of benzene rings is 2. The van der Waals surface area contributed by atoms with Crippen LogP contribution in [0.25, 0.3) is 16.3 Å². The summed E-state index contributed by atoms with van der Waals surface area (Å²) in [6.45, 7) is 2.73. The quantitative estimate of drug-likeness (QED) is 0.641. The topological polar surface area (TPSA) is 51.2 Å². The van der Waals surface area contributed by atoms with Gasteiger partial charge in [-0.15, -0.1) is 0 Å². The van der Waals surface area contributed by atoms with Crippen LogP contribution in [0.5, 0.6) is 5.75 Å². The number of hydrogen-bond donors (Lipinski definition) is 1. The van der Waals surface area contributed by atoms with Crippen LogP contribution < -0.4 is 10.1 Å². The van der Waals surface area contributed by atoms with E-state index >= 15 is 0 Å². The minimum absolute atomic E-state index is 0.273. The highest BCUT2D eigenvalue weighted by Crippen LogP contribution is 2.27. The lowest BCUT2D eigenvalue weighted by atomic mass is 10.2. The van der Waals surface area contributed by atoms with E-state index in [-0.39, 0.29) is 11.4 Å². The molecule has 0 aliphatic heterocycles. The predicted molar refractivity (Wildman–Crippen MR) is 99.5 cm³/mol. The molecule has 0 aliphatic rings. The second kappa shape index (κ2) is 7.90. The van der Waals surface area contributed by atoms with Crippen LogP contribution in [0.1, 0.15) is 18.9 Å². The molecule has 1 N–H and O–H groups in total. The highest BCUT2D eigenvalue weighted by atomic mass is 32.1. The van der Waals surface area contributed by atoms with Gasteiger partial charge in [-0.05, 0) is 42.3 Å². The van der Waals surface area contributed by atoms with E-state index in [1.807, 2.05) is 24.3 Å². The van der Waals surface area contributed by atoms with Gasteiger partial charge in [-0.3, -0.25) is 10.1 Å². The molecule has 0 saturated carbocycles. The van der Waals surface area contributed by atoms with Crippen LogP contribution in [0, 0.1) is 5.82 Å². The molecule has 0 atom stereocenters. The molecular weight excluding hydrogens is 339 g/mol. The molecular formula is C19H17FN2O2S. The Hall–Kier alpha value is -2.73. The van der Waals surface area contributed by atoms with Gasteiger partial charge < -0.3 is 4.74 Å². The molecule has 25 heavy (non-hydrogen) atoms. The molecule has 1 aromatic heterocycles. The number of thiazole rings is 1. The Morgan fingerprint density at radius 2 is 2.08 bits per heavy atom. The summed E-state index contributed by atoms with van der Waals surface area (Å²) in [6, 6.07) is 12.2. The molecule has 4 nitrogen and oxygen atoms in total. The van der Waals surface area contributed by atoms with Crippen molar-refractivity contribution in [2.45, 2.75) is 13.3 Å². The normalized spacial score (nSPS) is 11.1. The fraction of sp³-hybridized carbons (Fsp3) is 0.158. The molecule has 0 unspecified atom stereocenters. The van der Waals surface area contributed by atoms with Crippen molar-refractivity contribution in [3.63, 3.8) is 0 Å². The van der Waals surface area contributed by atoms with Crippen molar-refractivity contribution in [2.24, 2.45) is 0 Å². The van der Waals surface area contributed by atoms with Gasteiger partial charge in [0.25, 0.3) is 0 Å². The fourth-order valence-electron chi connectivity index (χ4n) is 2.18. The Balaban J connectivity index is 1.63. The number of aromatic nitrogens is 1. The number of para-hydroxylation sites is 1. The molecule has 3 aromatic rings. The molecule has 0 saturated heterocycles. The smallest absolute Gasteiger partial charge is 0.250 e. The van der Waals surface area contributed by atoms with Crippen LogP contribution in [0.2, 0.25) is 0 Å². The number of nitrogens with zero attached hydrogens (tertiary/aromatic N) is 1. The van der Waals surface area contributed by atoms with Gasteiger partial charge in [0.2, 0.25) is 5.91 Å². The number of ether oxygens (including phenoxy) is 1. The largest absolute Gasteiger partial charge is 0.494 e. The van der Waals surface area contributed by atoms with Crippen molar-refractivity contribution in [3.05, 3.63) is 59.9 Å². The Bertz CT molecular complexity index is 903. The molecule has 1 heterocycles. The van der Waals surface area contributed by atoms with Crippen molar-refractivity contribution < 1.29 is 13.9 Å². The number of amides is 1. The maximum Gasteiger partial charge on any atom is 0.250 e. The summed E-state index contributed by atoms with van der Waals surface area (Å²) in [5, 5.41) is 3.03. The molecule has 0 aliphatic carbocycles. The summed E-state index contributed by atoms with van der Waals surface area (Å²) in [4.78, 5) is 16.1. The third kappa shape index (κ3) is 4.42. The molecule has 3 rings (SSSR count). The summed E-state index contributed by atoms with van der Waals surface area (Å²) in [7, 11) is 0. The zero-order valence-electron chi connectivity index (χ0n) is 13.7. The molecule has 0 spiro atoms. The fourth-order valence-corrected chi connectivity index (χ4v) is 3.07. The van der Waals surface area contributed by atoms with E-state index in [0.717, 1.165) is 17.7 Å². The van der Waals surface area contributed by atoms with Gasteiger partial charge >= 0.3 is 0 Å². The van der Waals surface area contributed by atoms with Gasteiger partial charge in [-0.1, -0.05) is 36.5 Å². The maximum absolute atomic E-state index is 13.6. The Morgan fingerprint density at radius 1 is 1.28 bits per heavy atom. The van der Waals surface area contributed by atoms with Gasteiger partial charge in [-0.25, -0.2) is 9.37 Å². The Kier molecular flexibility index (Phi) is 5.40. The average Bonchev–Trinajstić information content (AvgIpc) is 3.03. The van der Waals surface area contributed by atoms with Gasteiger partial charge in [0, 0.05) is 6.08 Å². The number of carbonyl (C=O) groups excluding carboxylic acids is 1. The minimum Gasteiger partial charge on any atom is -0.494 e. The number of rotatable bonds is 6. The van der Waals surface area contributed by atoms with E-state index in [0.29, 0.717) is 16.4 Å². The molecule has 128 valence electrons. The first-order valence-electron chi connectivity index (χ1n) is 7.92. The van der Waals surface area contributed by atoms with Crippen LogP contribution in [0.4, 0.5) is 9.52 Å². The van der Waals surface area contributed by atoms with Crippen LogP contribution in [0.15, 0.2) is 48.5 Å². The van der Waals surface area contributed by atoms with Crippen molar-refractivity contribution >= 4 is 38.7 Å². The van der Waals surface area contributed by atoms with E-state index in [2.05, 4.69) is 17.2 Å². The van der Waals surface area contributed by atoms with Crippen LogP contribution in [-0.2, 0) is 4.79 Å². The molecule has 0 fully saturated rings. The summed E-state index contributed by atoms with van der Waals surface area (Å²) < 4.78 is 19.8. The monoisotopic (exact) mass is 356 g/mol. The number of halogens is 1. The Morgan fingerprint density at radius 3 is 2.80 bits per heavy atom. The SMILES string of the molecule is CCCOc1ccc(/C=C/C(=O)Nc2nc3c(F)cccc3s2)cc1. The number of anilines is 1. The zero-order chi connectivity index (χ0) is 17.6. The number of fused-ring (bicyclic) bond motifs is 1. The second-order valence-electron chi connectivity index (χ2n) is 5.35. The third-order valence-electron chi connectivity index (χ3n) is 3.38. The molecule has 2 aromatic carbocycles.